The fourth-order valence-corrected chi connectivity index (χ4v) is 5.98. The van der Waals surface area contributed by atoms with Crippen molar-refractivity contribution >= 4 is 11.7 Å². The van der Waals surface area contributed by atoms with Crippen LogP contribution in [0.4, 0.5) is 5.82 Å². The van der Waals surface area contributed by atoms with Gasteiger partial charge in [-0.15, -0.1) is 0 Å². The van der Waals surface area contributed by atoms with Crippen LogP contribution in [0, 0.1) is 6.92 Å². The number of carbonyl (C=O) groups excluding carboxylic acids is 1. The monoisotopic (exact) mass is 553 g/mol. The normalized spacial score (nSPS) is 25.9. The maximum absolute atomic E-state index is 13.6. The molecule has 3 aliphatic rings. The Balaban J connectivity index is 1.19. The van der Waals surface area contributed by atoms with Gasteiger partial charge in [-0.2, -0.15) is 9.97 Å². The number of methoxy groups -OCH3 is 2. The van der Waals surface area contributed by atoms with Crippen molar-refractivity contribution in [2.75, 3.05) is 52.4 Å². The molecule has 4 atom stereocenters. The quantitative estimate of drug-likeness (QED) is 0.482. The molecule has 0 radical (unpaired) electrons. The van der Waals surface area contributed by atoms with Crippen molar-refractivity contribution in [2.24, 2.45) is 0 Å². The van der Waals surface area contributed by atoms with Crippen LogP contribution >= 0.6 is 0 Å². The topological polar surface area (TPSA) is 107 Å². The van der Waals surface area contributed by atoms with E-state index in [1.807, 2.05) is 17.9 Å². The number of piperidine rings is 1. The smallest absolute Gasteiger partial charge is 0.318 e. The first-order chi connectivity index (χ1) is 19.6. The summed E-state index contributed by atoms with van der Waals surface area (Å²) >= 11 is 0. The summed E-state index contributed by atoms with van der Waals surface area (Å²) in [5.74, 6) is 0.529. The van der Waals surface area contributed by atoms with Gasteiger partial charge in [0.25, 0.3) is 5.91 Å². The maximum Gasteiger partial charge on any atom is 0.318 e. The highest BCUT2D eigenvalue weighted by atomic mass is 16.5. The summed E-state index contributed by atoms with van der Waals surface area (Å²) < 4.78 is 22.9. The first kappa shape index (κ1) is 28.7. The zero-order valence-corrected chi connectivity index (χ0v) is 23.9. The Morgan fingerprint density at radius 1 is 1.07 bits per heavy atom. The molecule has 3 saturated heterocycles. The minimum Gasteiger partial charge on any atom is -0.467 e. The van der Waals surface area contributed by atoms with Crippen molar-refractivity contribution in [3.63, 3.8) is 0 Å². The van der Waals surface area contributed by atoms with Gasteiger partial charge in [0, 0.05) is 51.0 Å². The van der Waals surface area contributed by atoms with Crippen LogP contribution in [0.2, 0.25) is 0 Å². The number of ether oxygens (including phenoxy) is 4. The second kappa shape index (κ2) is 13.7. The molecule has 1 aromatic carbocycles. The van der Waals surface area contributed by atoms with Gasteiger partial charge in [0.1, 0.15) is 11.5 Å². The van der Waals surface area contributed by atoms with Gasteiger partial charge in [-0.1, -0.05) is 30.3 Å². The Hall–Kier alpha value is -2.79. The molecule has 0 bridgehead atoms. The summed E-state index contributed by atoms with van der Waals surface area (Å²) in [6, 6.07) is 11.2. The van der Waals surface area contributed by atoms with Gasteiger partial charge in [-0.3, -0.25) is 4.79 Å². The van der Waals surface area contributed by atoms with Gasteiger partial charge in [0.05, 0.1) is 32.0 Å². The summed E-state index contributed by atoms with van der Waals surface area (Å²) in [7, 11) is 3.26. The first-order valence-electron chi connectivity index (χ1n) is 14.6. The number of benzene rings is 1. The van der Waals surface area contributed by atoms with E-state index in [2.05, 4.69) is 44.9 Å². The molecule has 3 aliphatic heterocycles. The van der Waals surface area contributed by atoms with Crippen LogP contribution in [0.15, 0.2) is 30.3 Å². The average Bonchev–Trinajstić information content (AvgIpc) is 3.01. The van der Waals surface area contributed by atoms with Crippen molar-refractivity contribution in [3.8, 4) is 6.01 Å². The van der Waals surface area contributed by atoms with E-state index in [4.69, 9.17) is 18.9 Å². The first-order valence-corrected chi connectivity index (χ1v) is 14.6. The molecule has 2 aromatic rings. The van der Waals surface area contributed by atoms with Gasteiger partial charge in [-0.25, -0.2) is 0 Å². The number of amides is 1. The number of likely N-dealkylation sites (tertiary alicyclic amines) is 1. The van der Waals surface area contributed by atoms with Gasteiger partial charge >= 0.3 is 6.01 Å². The fourth-order valence-electron chi connectivity index (χ4n) is 5.98. The average molecular weight is 554 g/mol. The summed E-state index contributed by atoms with van der Waals surface area (Å²) in [5.41, 5.74) is 2.33. The van der Waals surface area contributed by atoms with Crippen molar-refractivity contribution in [3.05, 3.63) is 47.2 Å². The third kappa shape index (κ3) is 6.91. The molecule has 2 N–H and O–H groups in total. The Morgan fingerprint density at radius 2 is 1.88 bits per heavy atom. The minimum atomic E-state index is -0.0846. The van der Waals surface area contributed by atoms with Crippen molar-refractivity contribution in [1.82, 2.24) is 20.2 Å². The van der Waals surface area contributed by atoms with E-state index in [1.54, 1.807) is 7.11 Å². The highest BCUT2D eigenvalue weighted by Crippen LogP contribution is 2.31. The standard InChI is InChI=1S/C30H43N5O5/c1-20-27(29(36)35-15-12-22(13-16-35)32-24-14-17-39-19-26(24)37-2)33-30(38-3)34-28(20)31-18-23-10-7-11-25(40-23)21-8-5-4-6-9-21/h4-6,8-9,22-26,32H,7,10-19H2,1-3H3,(H,31,33,34)/t23-,24+,25+,26-/m1/s1. The van der Waals surface area contributed by atoms with Crippen LogP contribution in [0.1, 0.15) is 66.2 Å². The molecule has 3 fully saturated rings. The molecule has 0 unspecified atom stereocenters. The number of aromatic nitrogens is 2. The Labute approximate surface area is 237 Å². The number of hydrogen-bond donors (Lipinski definition) is 2. The van der Waals surface area contributed by atoms with Gasteiger partial charge in [-0.05, 0) is 51.0 Å². The second-order valence-electron chi connectivity index (χ2n) is 11.0. The third-order valence-electron chi connectivity index (χ3n) is 8.37. The number of nitrogens with one attached hydrogen (secondary N) is 2. The lowest BCUT2D eigenvalue weighted by atomic mass is 9.98. The maximum atomic E-state index is 13.6. The predicted octanol–water partition coefficient (Wildman–Crippen LogP) is 3.51. The molecule has 0 aliphatic carbocycles. The molecule has 5 rings (SSSR count). The Bertz CT molecular complexity index is 1110. The summed E-state index contributed by atoms with van der Waals surface area (Å²) in [5, 5.41) is 7.18. The van der Waals surface area contributed by atoms with Crippen LogP contribution in [0.3, 0.4) is 0 Å². The van der Waals surface area contributed by atoms with Crippen molar-refractivity contribution < 1.29 is 23.7 Å². The second-order valence-corrected chi connectivity index (χ2v) is 11.0. The molecule has 218 valence electrons. The molecule has 10 heteroatoms. The largest absolute Gasteiger partial charge is 0.467 e. The summed E-state index contributed by atoms with van der Waals surface area (Å²) in [4.78, 5) is 24.5. The Kier molecular flexibility index (Phi) is 9.85. The highest BCUT2D eigenvalue weighted by Gasteiger charge is 2.32. The van der Waals surface area contributed by atoms with E-state index in [1.165, 1.54) is 12.7 Å². The van der Waals surface area contributed by atoms with E-state index in [0.717, 1.165) is 50.7 Å². The van der Waals surface area contributed by atoms with Crippen LogP contribution < -0.4 is 15.4 Å². The summed E-state index contributed by atoms with van der Waals surface area (Å²) in [6.07, 6.45) is 6.03. The van der Waals surface area contributed by atoms with Crippen LogP contribution in [-0.4, -0.2) is 92.1 Å². The lowest BCUT2D eigenvalue weighted by Gasteiger charge is -2.38. The predicted molar refractivity (Wildman–Crippen MR) is 152 cm³/mol. The van der Waals surface area contributed by atoms with E-state index in [-0.39, 0.29) is 36.3 Å². The highest BCUT2D eigenvalue weighted by molar-refractivity contribution is 5.95. The number of hydrogen-bond acceptors (Lipinski definition) is 9. The minimum absolute atomic E-state index is 0.0541. The number of anilines is 1. The van der Waals surface area contributed by atoms with Crippen LogP contribution in [-0.2, 0) is 14.2 Å². The van der Waals surface area contributed by atoms with Crippen LogP contribution in [0.25, 0.3) is 0 Å². The molecule has 0 saturated carbocycles. The zero-order chi connectivity index (χ0) is 27.9. The fraction of sp³-hybridized carbons (Fsp3) is 0.633. The number of rotatable bonds is 9. The van der Waals surface area contributed by atoms with E-state index < -0.39 is 0 Å². The molecule has 10 nitrogen and oxygen atoms in total. The number of nitrogens with zero attached hydrogens (tertiary/aromatic N) is 3. The summed E-state index contributed by atoms with van der Waals surface area (Å²) in [6.45, 7) is 5.21. The molecular formula is C30H43N5O5. The van der Waals surface area contributed by atoms with Gasteiger partial charge < -0.3 is 34.5 Å². The molecule has 1 amide bonds. The SMILES string of the molecule is COc1nc(NC[C@H]2CCC[C@@H](c3ccccc3)O2)c(C)c(C(=O)N2CCC(N[C@H]3CCOC[C@H]3OC)CC2)n1. The van der Waals surface area contributed by atoms with Crippen molar-refractivity contribution in [1.29, 1.82) is 0 Å². The lowest BCUT2D eigenvalue weighted by molar-refractivity contribution is -0.0533. The zero-order valence-electron chi connectivity index (χ0n) is 23.9. The van der Waals surface area contributed by atoms with Crippen LogP contribution in [0.5, 0.6) is 6.01 Å². The van der Waals surface area contributed by atoms with Crippen molar-refractivity contribution in [2.45, 2.75) is 75.8 Å². The van der Waals surface area contributed by atoms with E-state index >= 15 is 0 Å². The number of carbonyl (C=O) groups is 1. The third-order valence-corrected chi connectivity index (χ3v) is 8.37. The Morgan fingerprint density at radius 3 is 2.62 bits per heavy atom. The molecule has 40 heavy (non-hydrogen) atoms. The van der Waals surface area contributed by atoms with E-state index in [9.17, 15) is 4.79 Å². The molecular weight excluding hydrogens is 510 g/mol. The van der Waals surface area contributed by atoms with Gasteiger partial charge in [0.15, 0.2) is 0 Å². The molecule has 1 aromatic heterocycles. The van der Waals surface area contributed by atoms with Gasteiger partial charge in [0.2, 0.25) is 0 Å². The molecule has 0 spiro atoms. The van der Waals surface area contributed by atoms with E-state index in [0.29, 0.717) is 43.8 Å². The molecule has 4 heterocycles. The lowest BCUT2D eigenvalue weighted by Crippen LogP contribution is -2.54.